The van der Waals surface area contributed by atoms with Crippen LogP contribution in [0.3, 0.4) is 0 Å². The van der Waals surface area contributed by atoms with E-state index >= 15 is 0 Å². The van der Waals surface area contributed by atoms with Crippen molar-refractivity contribution in [2.45, 2.75) is 31.7 Å². The van der Waals surface area contributed by atoms with E-state index in [9.17, 15) is 9.59 Å². The lowest BCUT2D eigenvalue weighted by Crippen LogP contribution is -2.44. The molecule has 20 heavy (non-hydrogen) atoms. The highest BCUT2D eigenvalue weighted by Crippen LogP contribution is 2.19. The number of hydrogen-bond donors (Lipinski definition) is 1. The van der Waals surface area contributed by atoms with E-state index in [-0.39, 0.29) is 18.4 Å². The number of amides is 1. The van der Waals surface area contributed by atoms with Gasteiger partial charge in [-0.15, -0.1) is 0 Å². The predicted octanol–water partition coefficient (Wildman–Crippen LogP) is 1.89. The van der Waals surface area contributed by atoms with Crippen molar-refractivity contribution in [2.24, 2.45) is 0 Å². The summed E-state index contributed by atoms with van der Waals surface area (Å²) >= 11 is 0. The zero-order valence-electron chi connectivity index (χ0n) is 11.2. The maximum Gasteiger partial charge on any atom is 0.305 e. The first kappa shape index (κ1) is 14.1. The van der Waals surface area contributed by atoms with Crippen LogP contribution in [-0.2, 0) is 9.59 Å². The molecule has 1 aliphatic heterocycles. The number of carboxylic acid groups (broad SMARTS) is 1. The van der Waals surface area contributed by atoms with Crippen molar-refractivity contribution in [3.63, 3.8) is 0 Å². The standard InChI is InChI=1S/C16H17NO3/c18-15(10-9-13-6-2-1-3-7-13)17-11-5-4-8-14(17)12-16(19)20/h1-3,6-7,14H,4-5,8,11-12H2,(H,19,20). The molecule has 0 aromatic heterocycles. The molecule has 0 bridgehead atoms. The molecule has 1 N–H and O–H groups in total. The smallest absolute Gasteiger partial charge is 0.305 e. The zero-order valence-corrected chi connectivity index (χ0v) is 11.2. The van der Waals surface area contributed by atoms with E-state index in [4.69, 9.17) is 5.11 Å². The van der Waals surface area contributed by atoms with Crippen molar-refractivity contribution < 1.29 is 14.7 Å². The average molecular weight is 271 g/mol. The van der Waals surface area contributed by atoms with Gasteiger partial charge in [-0.25, -0.2) is 0 Å². The molecule has 4 nitrogen and oxygen atoms in total. The number of aliphatic carboxylic acids is 1. The summed E-state index contributed by atoms with van der Waals surface area (Å²) in [6.45, 7) is 0.597. The number of likely N-dealkylation sites (tertiary alicyclic amines) is 1. The summed E-state index contributed by atoms with van der Waals surface area (Å²) in [6.07, 6.45) is 2.62. The third-order valence-corrected chi connectivity index (χ3v) is 3.39. The molecule has 0 aliphatic carbocycles. The van der Waals surface area contributed by atoms with Gasteiger partial charge in [-0.1, -0.05) is 24.1 Å². The van der Waals surface area contributed by atoms with Gasteiger partial charge < -0.3 is 10.0 Å². The topological polar surface area (TPSA) is 57.6 Å². The van der Waals surface area contributed by atoms with Crippen molar-refractivity contribution in [1.82, 2.24) is 4.90 Å². The van der Waals surface area contributed by atoms with E-state index < -0.39 is 5.97 Å². The number of piperidine rings is 1. The second kappa shape index (κ2) is 6.76. The van der Waals surface area contributed by atoms with Gasteiger partial charge in [0.15, 0.2) is 0 Å². The van der Waals surface area contributed by atoms with Gasteiger partial charge in [0.2, 0.25) is 0 Å². The van der Waals surface area contributed by atoms with E-state index in [0.29, 0.717) is 6.54 Å². The highest BCUT2D eigenvalue weighted by molar-refractivity contribution is 5.94. The first-order valence-corrected chi connectivity index (χ1v) is 6.76. The summed E-state index contributed by atoms with van der Waals surface area (Å²) in [6, 6.07) is 9.07. The van der Waals surface area contributed by atoms with E-state index in [2.05, 4.69) is 11.8 Å². The number of carboxylic acids is 1. The lowest BCUT2D eigenvalue weighted by molar-refractivity contribution is -0.140. The highest BCUT2D eigenvalue weighted by Gasteiger charge is 2.27. The van der Waals surface area contributed by atoms with Crippen LogP contribution in [0.15, 0.2) is 30.3 Å². The van der Waals surface area contributed by atoms with Gasteiger partial charge >= 0.3 is 5.97 Å². The van der Waals surface area contributed by atoms with Crippen LogP contribution in [0.1, 0.15) is 31.2 Å². The van der Waals surface area contributed by atoms with Gasteiger partial charge in [0.25, 0.3) is 5.91 Å². The SMILES string of the molecule is O=C(O)CC1CCCCN1C(=O)C#Cc1ccccc1. The van der Waals surface area contributed by atoms with Crippen LogP contribution in [0.2, 0.25) is 0 Å². The number of nitrogens with zero attached hydrogens (tertiary/aromatic N) is 1. The van der Waals surface area contributed by atoms with Crippen LogP contribution in [0.4, 0.5) is 0 Å². The fraction of sp³-hybridized carbons (Fsp3) is 0.375. The molecule has 0 radical (unpaired) electrons. The molecule has 0 spiro atoms. The van der Waals surface area contributed by atoms with Gasteiger partial charge in [-0.2, -0.15) is 0 Å². The fourth-order valence-electron chi connectivity index (χ4n) is 2.40. The zero-order chi connectivity index (χ0) is 14.4. The first-order chi connectivity index (χ1) is 9.66. The largest absolute Gasteiger partial charge is 0.481 e. The second-order valence-corrected chi connectivity index (χ2v) is 4.86. The first-order valence-electron chi connectivity index (χ1n) is 6.76. The Morgan fingerprint density at radius 3 is 2.70 bits per heavy atom. The summed E-state index contributed by atoms with van der Waals surface area (Å²) in [7, 11) is 0. The van der Waals surface area contributed by atoms with E-state index in [1.165, 1.54) is 0 Å². The molecule has 0 saturated carbocycles. The summed E-state index contributed by atoms with van der Waals surface area (Å²) in [4.78, 5) is 24.6. The molecule has 1 amide bonds. The quantitative estimate of drug-likeness (QED) is 0.836. The van der Waals surface area contributed by atoms with E-state index in [0.717, 1.165) is 24.8 Å². The van der Waals surface area contributed by atoms with Crippen molar-refractivity contribution in [3.8, 4) is 11.8 Å². The molecule has 4 heteroatoms. The highest BCUT2D eigenvalue weighted by atomic mass is 16.4. The Hall–Kier alpha value is -2.28. The Kier molecular flexibility index (Phi) is 4.78. The number of carbonyl (C=O) groups excluding carboxylic acids is 1. The van der Waals surface area contributed by atoms with Gasteiger partial charge in [0.05, 0.1) is 6.42 Å². The molecule has 1 unspecified atom stereocenters. The van der Waals surface area contributed by atoms with Crippen LogP contribution in [0.25, 0.3) is 0 Å². The molecule has 1 aromatic carbocycles. The fourth-order valence-corrected chi connectivity index (χ4v) is 2.40. The predicted molar refractivity (Wildman–Crippen MR) is 74.9 cm³/mol. The minimum absolute atomic E-state index is 0.00123. The maximum absolute atomic E-state index is 12.1. The number of hydrogen-bond acceptors (Lipinski definition) is 2. The molecule has 1 atom stereocenters. The summed E-state index contributed by atoms with van der Waals surface area (Å²) < 4.78 is 0. The van der Waals surface area contributed by atoms with Crippen LogP contribution in [-0.4, -0.2) is 34.5 Å². The third kappa shape index (κ3) is 3.86. The Morgan fingerprint density at radius 1 is 1.25 bits per heavy atom. The molecular formula is C16H17NO3. The Balaban J connectivity index is 2.06. The van der Waals surface area contributed by atoms with Gasteiger partial charge in [-0.05, 0) is 31.4 Å². The molecule has 1 heterocycles. The third-order valence-electron chi connectivity index (χ3n) is 3.39. The molecule has 104 valence electrons. The maximum atomic E-state index is 12.1. The molecular weight excluding hydrogens is 254 g/mol. The molecule has 1 saturated heterocycles. The Labute approximate surface area is 118 Å². The van der Waals surface area contributed by atoms with Gasteiger partial charge in [0, 0.05) is 24.1 Å². The summed E-state index contributed by atoms with van der Waals surface area (Å²) in [5.41, 5.74) is 0.785. The van der Waals surface area contributed by atoms with Crippen molar-refractivity contribution >= 4 is 11.9 Å². The lowest BCUT2D eigenvalue weighted by Gasteiger charge is -2.33. The molecule has 1 aliphatic rings. The average Bonchev–Trinajstić information content (AvgIpc) is 2.46. The number of carbonyl (C=O) groups is 2. The molecule has 1 aromatic rings. The summed E-state index contributed by atoms with van der Waals surface area (Å²) in [5.74, 6) is 4.30. The van der Waals surface area contributed by atoms with Gasteiger partial charge in [0.1, 0.15) is 0 Å². The minimum atomic E-state index is -0.870. The van der Waals surface area contributed by atoms with E-state index in [1.807, 2.05) is 30.3 Å². The van der Waals surface area contributed by atoms with E-state index in [1.54, 1.807) is 4.90 Å². The lowest BCUT2D eigenvalue weighted by atomic mass is 9.99. The van der Waals surface area contributed by atoms with Crippen LogP contribution in [0, 0.1) is 11.8 Å². The minimum Gasteiger partial charge on any atom is -0.481 e. The number of benzene rings is 1. The van der Waals surface area contributed by atoms with Crippen molar-refractivity contribution in [3.05, 3.63) is 35.9 Å². The normalized spacial score (nSPS) is 18.0. The summed E-state index contributed by atoms with van der Waals surface area (Å²) in [5, 5.41) is 8.90. The van der Waals surface area contributed by atoms with Gasteiger partial charge in [-0.3, -0.25) is 9.59 Å². The van der Waals surface area contributed by atoms with Crippen LogP contribution >= 0.6 is 0 Å². The van der Waals surface area contributed by atoms with Crippen LogP contribution < -0.4 is 0 Å². The Morgan fingerprint density at radius 2 is 2.00 bits per heavy atom. The molecule has 1 fully saturated rings. The molecule has 2 rings (SSSR count). The second-order valence-electron chi connectivity index (χ2n) is 4.86. The van der Waals surface area contributed by atoms with Crippen LogP contribution in [0.5, 0.6) is 0 Å². The van der Waals surface area contributed by atoms with Crippen molar-refractivity contribution in [1.29, 1.82) is 0 Å². The number of rotatable bonds is 2. The Bertz CT molecular complexity index is 542. The van der Waals surface area contributed by atoms with Crippen molar-refractivity contribution in [2.75, 3.05) is 6.54 Å². The monoisotopic (exact) mass is 271 g/mol.